The summed E-state index contributed by atoms with van der Waals surface area (Å²) < 4.78 is 26.4. The summed E-state index contributed by atoms with van der Waals surface area (Å²) in [7, 11) is 0. The number of rotatable bonds is 4. The van der Waals surface area contributed by atoms with Crippen LogP contribution in [0.25, 0.3) is 0 Å². The van der Waals surface area contributed by atoms with E-state index >= 15 is 0 Å². The lowest BCUT2D eigenvalue weighted by molar-refractivity contribution is -0.122. The molecule has 0 aliphatic carbocycles. The first kappa shape index (κ1) is 17.1. The first-order valence-corrected chi connectivity index (χ1v) is 8.25. The first-order valence-electron chi connectivity index (χ1n) is 7.37. The lowest BCUT2D eigenvalue weighted by Crippen LogP contribution is -2.28. The van der Waals surface area contributed by atoms with Gasteiger partial charge in [0.05, 0.1) is 11.4 Å². The molecule has 1 aliphatic rings. The van der Waals surface area contributed by atoms with Crippen LogP contribution in [0.5, 0.6) is 0 Å². The fourth-order valence-corrected chi connectivity index (χ4v) is 3.15. The van der Waals surface area contributed by atoms with Crippen LogP contribution in [0, 0.1) is 11.6 Å². The number of benzene rings is 2. The van der Waals surface area contributed by atoms with Crippen molar-refractivity contribution in [2.45, 2.75) is 11.7 Å². The molecule has 128 valence electrons. The van der Waals surface area contributed by atoms with Gasteiger partial charge in [0.1, 0.15) is 16.9 Å². The molecule has 2 aromatic carbocycles. The zero-order chi connectivity index (χ0) is 17.8. The number of carbonyl (C=O) groups excluding carboxylic acids is 2. The predicted molar refractivity (Wildman–Crippen MR) is 92.7 cm³/mol. The lowest BCUT2D eigenvalue weighted by atomic mass is 10.2. The van der Waals surface area contributed by atoms with E-state index < -0.39 is 17.0 Å². The molecule has 3 rings (SSSR count). The highest BCUT2D eigenvalue weighted by Crippen LogP contribution is 2.26. The molecule has 0 unspecified atom stereocenters. The molecule has 2 N–H and O–H groups in total. The van der Waals surface area contributed by atoms with Crippen LogP contribution in [0.1, 0.15) is 6.42 Å². The molecule has 2 aromatic rings. The number of nitrogens with zero attached hydrogens (tertiary/aromatic N) is 1. The number of aliphatic imine (C=N–C) groups is 1. The Morgan fingerprint density at radius 2 is 1.88 bits per heavy atom. The van der Waals surface area contributed by atoms with E-state index in [1.807, 2.05) is 0 Å². The van der Waals surface area contributed by atoms with E-state index in [1.165, 1.54) is 42.5 Å². The monoisotopic (exact) mass is 361 g/mol. The third-order valence-corrected chi connectivity index (χ3v) is 4.43. The van der Waals surface area contributed by atoms with Gasteiger partial charge in [-0.15, -0.1) is 0 Å². The quantitative estimate of drug-likeness (QED) is 0.878. The lowest BCUT2D eigenvalue weighted by Gasteiger charge is -2.08. The van der Waals surface area contributed by atoms with Crippen molar-refractivity contribution in [2.75, 3.05) is 5.32 Å². The normalized spacial score (nSPS) is 18.2. The molecule has 25 heavy (non-hydrogen) atoms. The van der Waals surface area contributed by atoms with Gasteiger partial charge >= 0.3 is 0 Å². The van der Waals surface area contributed by atoms with Gasteiger partial charge in [0.25, 0.3) is 0 Å². The first-order chi connectivity index (χ1) is 12.0. The maximum atomic E-state index is 13.5. The number of thioether (sulfide) groups is 1. The Hall–Kier alpha value is -2.74. The number of nitrogens with one attached hydrogen (secondary N) is 2. The Bertz CT molecular complexity index is 840. The van der Waals surface area contributed by atoms with Crippen molar-refractivity contribution in [1.29, 1.82) is 0 Å². The summed E-state index contributed by atoms with van der Waals surface area (Å²) in [6.45, 7) is 0. The van der Waals surface area contributed by atoms with E-state index in [4.69, 9.17) is 0 Å². The van der Waals surface area contributed by atoms with Gasteiger partial charge in [0.15, 0.2) is 5.17 Å². The van der Waals surface area contributed by atoms with Crippen LogP contribution in [0.15, 0.2) is 53.5 Å². The number of para-hydroxylation sites is 1. The molecule has 0 radical (unpaired) electrons. The van der Waals surface area contributed by atoms with Crippen LogP contribution >= 0.6 is 11.8 Å². The fourth-order valence-electron chi connectivity index (χ4n) is 2.16. The highest BCUT2D eigenvalue weighted by atomic mass is 32.2. The van der Waals surface area contributed by atoms with E-state index in [2.05, 4.69) is 15.6 Å². The summed E-state index contributed by atoms with van der Waals surface area (Å²) in [5.41, 5.74) is 0.553. The Labute approximate surface area is 146 Å². The smallest absolute Gasteiger partial charge is 0.240 e. The molecular formula is C17H13F2N3O2S. The molecule has 5 nitrogen and oxygen atoms in total. The van der Waals surface area contributed by atoms with E-state index in [-0.39, 0.29) is 23.8 Å². The SMILES string of the molecule is O=C(C[C@@H]1SC(=Nc2ccc(F)cc2)NC1=O)Nc1ccccc1F. The highest BCUT2D eigenvalue weighted by Gasteiger charge is 2.32. The average molecular weight is 361 g/mol. The van der Waals surface area contributed by atoms with Crippen molar-refractivity contribution in [3.05, 3.63) is 60.2 Å². The van der Waals surface area contributed by atoms with Gasteiger partial charge in [-0.2, -0.15) is 0 Å². The number of hydrogen-bond donors (Lipinski definition) is 2. The summed E-state index contributed by atoms with van der Waals surface area (Å²) in [4.78, 5) is 28.2. The van der Waals surface area contributed by atoms with Gasteiger partial charge in [0, 0.05) is 6.42 Å². The molecule has 1 saturated heterocycles. The molecule has 1 aliphatic heterocycles. The molecule has 2 amide bonds. The van der Waals surface area contributed by atoms with Gasteiger partial charge in [-0.3, -0.25) is 9.59 Å². The molecule has 0 bridgehead atoms. The van der Waals surface area contributed by atoms with E-state index in [1.54, 1.807) is 6.07 Å². The third-order valence-electron chi connectivity index (χ3n) is 3.35. The predicted octanol–water partition coefficient (Wildman–Crippen LogP) is 3.21. The standard InChI is InChI=1S/C17H13F2N3O2S/c18-10-5-7-11(8-6-10)20-17-22-16(24)14(25-17)9-15(23)21-13-4-2-1-3-12(13)19/h1-8,14H,9H2,(H,21,23)(H,20,22,24)/t14-/m0/s1. The molecule has 1 fully saturated rings. The summed E-state index contributed by atoms with van der Waals surface area (Å²) >= 11 is 1.10. The summed E-state index contributed by atoms with van der Waals surface area (Å²) in [6.07, 6.45) is -0.118. The van der Waals surface area contributed by atoms with Crippen LogP contribution in [0.4, 0.5) is 20.2 Å². The van der Waals surface area contributed by atoms with Crippen molar-refractivity contribution in [3.63, 3.8) is 0 Å². The number of carbonyl (C=O) groups is 2. The van der Waals surface area contributed by atoms with E-state index in [9.17, 15) is 18.4 Å². The van der Waals surface area contributed by atoms with Gasteiger partial charge in [-0.1, -0.05) is 23.9 Å². The minimum absolute atomic E-state index is 0.0658. The van der Waals surface area contributed by atoms with Crippen LogP contribution in [-0.4, -0.2) is 22.2 Å². The van der Waals surface area contributed by atoms with Gasteiger partial charge < -0.3 is 10.6 Å². The fraction of sp³-hybridized carbons (Fsp3) is 0.118. The van der Waals surface area contributed by atoms with Gasteiger partial charge in [0.2, 0.25) is 11.8 Å². The second-order valence-corrected chi connectivity index (χ2v) is 6.41. The second kappa shape index (κ2) is 7.43. The number of anilines is 1. The number of halogens is 2. The Morgan fingerprint density at radius 3 is 2.60 bits per heavy atom. The van der Waals surface area contributed by atoms with Gasteiger partial charge in [-0.25, -0.2) is 13.8 Å². The zero-order valence-electron chi connectivity index (χ0n) is 12.8. The zero-order valence-corrected chi connectivity index (χ0v) is 13.6. The maximum Gasteiger partial charge on any atom is 0.240 e. The van der Waals surface area contributed by atoms with Crippen molar-refractivity contribution in [3.8, 4) is 0 Å². The van der Waals surface area contributed by atoms with Crippen LogP contribution in [0.3, 0.4) is 0 Å². The van der Waals surface area contributed by atoms with Crippen LogP contribution in [0.2, 0.25) is 0 Å². The summed E-state index contributed by atoms with van der Waals surface area (Å²) in [6, 6.07) is 11.3. The second-order valence-electron chi connectivity index (χ2n) is 5.22. The number of amides is 2. The Kier molecular flexibility index (Phi) is 5.08. The molecule has 1 heterocycles. The molecule has 0 spiro atoms. The molecule has 0 aromatic heterocycles. The summed E-state index contributed by atoms with van der Waals surface area (Å²) in [5.74, 6) is -1.75. The molecule has 8 heteroatoms. The average Bonchev–Trinajstić information content (AvgIpc) is 2.91. The summed E-state index contributed by atoms with van der Waals surface area (Å²) in [5, 5.41) is 4.69. The van der Waals surface area contributed by atoms with Crippen molar-refractivity contribution >= 4 is 40.1 Å². The topological polar surface area (TPSA) is 70.6 Å². The maximum absolute atomic E-state index is 13.5. The molecular weight excluding hydrogens is 348 g/mol. The van der Waals surface area contributed by atoms with Crippen molar-refractivity contribution in [1.82, 2.24) is 5.32 Å². The van der Waals surface area contributed by atoms with E-state index in [0.717, 1.165) is 11.8 Å². The third kappa shape index (κ3) is 4.42. The largest absolute Gasteiger partial charge is 0.324 e. The minimum atomic E-state index is -0.661. The van der Waals surface area contributed by atoms with Crippen molar-refractivity contribution < 1.29 is 18.4 Å². The van der Waals surface area contributed by atoms with E-state index in [0.29, 0.717) is 10.9 Å². The van der Waals surface area contributed by atoms with Crippen LogP contribution < -0.4 is 10.6 Å². The molecule has 1 atom stereocenters. The van der Waals surface area contributed by atoms with Crippen molar-refractivity contribution in [2.24, 2.45) is 4.99 Å². The van der Waals surface area contributed by atoms with Crippen LogP contribution in [-0.2, 0) is 9.59 Å². The number of hydrogen-bond acceptors (Lipinski definition) is 4. The molecule has 0 saturated carbocycles. The Morgan fingerprint density at radius 1 is 1.16 bits per heavy atom. The Balaban J connectivity index is 1.62. The minimum Gasteiger partial charge on any atom is -0.324 e. The van der Waals surface area contributed by atoms with Gasteiger partial charge in [-0.05, 0) is 36.4 Å². The highest BCUT2D eigenvalue weighted by molar-refractivity contribution is 8.15. The number of amidine groups is 1.